The summed E-state index contributed by atoms with van der Waals surface area (Å²) in [6.45, 7) is 1.74. The molecule has 0 aliphatic heterocycles. The van der Waals surface area contributed by atoms with E-state index in [1.165, 1.54) is 10.8 Å². The molecular formula is C28H24O4. The van der Waals surface area contributed by atoms with Gasteiger partial charge in [-0.25, -0.2) is 4.79 Å². The molecule has 0 N–H and O–H groups in total. The zero-order chi connectivity index (χ0) is 22.3. The van der Waals surface area contributed by atoms with Gasteiger partial charge in [-0.3, -0.25) is 0 Å². The van der Waals surface area contributed by atoms with Crippen molar-refractivity contribution in [3.05, 3.63) is 102 Å². The van der Waals surface area contributed by atoms with Crippen molar-refractivity contribution in [1.82, 2.24) is 0 Å². The number of carbonyl (C=O) groups excluding carboxylic acids is 1. The highest BCUT2D eigenvalue weighted by Crippen LogP contribution is 2.29. The Bertz CT molecular complexity index is 1270. The number of aryl methyl sites for hydroxylation is 1. The van der Waals surface area contributed by atoms with Crippen LogP contribution >= 0.6 is 0 Å². The van der Waals surface area contributed by atoms with Gasteiger partial charge in [0.25, 0.3) is 0 Å². The molecule has 0 unspecified atom stereocenters. The molecule has 4 aromatic carbocycles. The smallest absolute Gasteiger partial charge is 0.349 e. The molecule has 4 heteroatoms. The van der Waals surface area contributed by atoms with Crippen LogP contribution < -0.4 is 14.2 Å². The predicted octanol–water partition coefficient (Wildman–Crippen LogP) is 6.31. The van der Waals surface area contributed by atoms with Gasteiger partial charge in [-0.2, -0.15) is 0 Å². The maximum Gasteiger partial charge on any atom is 0.349 e. The number of hydrogen-bond donors (Lipinski definition) is 0. The van der Waals surface area contributed by atoms with Crippen molar-refractivity contribution in [2.75, 3.05) is 13.7 Å². The maximum atomic E-state index is 12.3. The number of para-hydroxylation sites is 1. The molecule has 0 atom stereocenters. The topological polar surface area (TPSA) is 44.8 Å². The van der Waals surface area contributed by atoms with Crippen molar-refractivity contribution in [2.24, 2.45) is 0 Å². The minimum atomic E-state index is -0.495. The summed E-state index contributed by atoms with van der Waals surface area (Å²) in [5.74, 6) is 0.999. The Morgan fingerprint density at radius 3 is 2.44 bits per heavy atom. The summed E-state index contributed by atoms with van der Waals surface area (Å²) in [5.41, 5.74) is 3.02. The molecule has 0 amide bonds. The largest absolute Gasteiger partial charge is 0.493 e. The van der Waals surface area contributed by atoms with E-state index in [9.17, 15) is 4.79 Å². The van der Waals surface area contributed by atoms with Gasteiger partial charge in [-0.05, 0) is 52.6 Å². The third-order valence-electron chi connectivity index (χ3n) is 5.13. The molecule has 0 heterocycles. The van der Waals surface area contributed by atoms with Crippen LogP contribution in [0.2, 0.25) is 0 Å². The number of benzene rings is 4. The fourth-order valence-corrected chi connectivity index (χ4v) is 3.46. The van der Waals surface area contributed by atoms with Gasteiger partial charge in [0.15, 0.2) is 18.1 Å². The van der Waals surface area contributed by atoms with Crippen molar-refractivity contribution in [1.29, 1.82) is 0 Å². The second kappa shape index (κ2) is 9.84. The lowest BCUT2D eigenvalue weighted by molar-refractivity contribution is -0.136. The van der Waals surface area contributed by atoms with Crippen molar-refractivity contribution in [2.45, 2.75) is 6.92 Å². The van der Waals surface area contributed by atoms with E-state index in [4.69, 9.17) is 14.2 Å². The lowest BCUT2D eigenvalue weighted by Gasteiger charge is -2.11. The first-order valence-electron chi connectivity index (χ1n) is 10.4. The van der Waals surface area contributed by atoms with Crippen LogP contribution in [0, 0.1) is 6.92 Å². The second-order valence-electron chi connectivity index (χ2n) is 7.34. The predicted molar refractivity (Wildman–Crippen MR) is 128 cm³/mol. The molecule has 4 aromatic rings. The number of esters is 1. The summed E-state index contributed by atoms with van der Waals surface area (Å²) in [6, 6.07) is 27.5. The number of rotatable bonds is 7. The summed E-state index contributed by atoms with van der Waals surface area (Å²) < 4.78 is 16.5. The maximum absolute atomic E-state index is 12.3. The summed E-state index contributed by atoms with van der Waals surface area (Å²) in [7, 11) is 1.55. The number of ether oxygens (including phenoxy) is 3. The van der Waals surface area contributed by atoms with Crippen LogP contribution in [0.4, 0.5) is 0 Å². The Balaban J connectivity index is 1.46. The van der Waals surface area contributed by atoms with Crippen LogP contribution in [0.25, 0.3) is 22.9 Å². The lowest BCUT2D eigenvalue weighted by Crippen LogP contribution is -2.18. The molecule has 0 aliphatic carbocycles. The van der Waals surface area contributed by atoms with Crippen molar-refractivity contribution in [3.8, 4) is 17.2 Å². The Hall–Kier alpha value is -4.05. The molecule has 0 fully saturated rings. The van der Waals surface area contributed by atoms with Crippen LogP contribution in [0.15, 0.2) is 84.9 Å². The summed E-state index contributed by atoms with van der Waals surface area (Å²) >= 11 is 0. The normalized spacial score (nSPS) is 10.9. The van der Waals surface area contributed by atoms with E-state index in [0.29, 0.717) is 17.2 Å². The van der Waals surface area contributed by atoms with Gasteiger partial charge in [-0.15, -0.1) is 0 Å². The van der Waals surface area contributed by atoms with Gasteiger partial charge in [0, 0.05) is 0 Å². The molecule has 0 saturated heterocycles. The fourth-order valence-electron chi connectivity index (χ4n) is 3.46. The van der Waals surface area contributed by atoms with E-state index in [1.807, 2.05) is 67.6 Å². The van der Waals surface area contributed by atoms with Crippen LogP contribution in [-0.4, -0.2) is 19.7 Å². The summed E-state index contributed by atoms with van der Waals surface area (Å²) in [6.07, 6.45) is 4.08. The first kappa shape index (κ1) is 21.2. The van der Waals surface area contributed by atoms with Crippen LogP contribution in [0.1, 0.15) is 16.7 Å². The number of carbonyl (C=O) groups is 1. The fraction of sp³-hybridized carbons (Fsp3) is 0.107. The van der Waals surface area contributed by atoms with Crippen LogP contribution in [0.3, 0.4) is 0 Å². The second-order valence-corrected chi connectivity index (χ2v) is 7.34. The minimum absolute atomic E-state index is 0.184. The molecule has 0 radical (unpaired) electrons. The van der Waals surface area contributed by atoms with Gasteiger partial charge in [0.1, 0.15) is 5.75 Å². The molecule has 0 bridgehead atoms. The number of methoxy groups -OCH3 is 1. The van der Waals surface area contributed by atoms with E-state index in [1.54, 1.807) is 13.2 Å². The summed E-state index contributed by atoms with van der Waals surface area (Å²) in [4.78, 5) is 12.3. The lowest BCUT2D eigenvalue weighted by atomic mass is 10.0. The molecule has 160 valence electrons. The van der Waals surface area contributed by atoms with Crippen molar-refractivity contribution < 1.29 is 19.0 Å². The highest BCUT2D eigenvalue weighted by molar-refractivity contribution is 5.92. The summed E-state index contributed by atoms with van der Waals surface area (Å²) in [5, 5.41) is 2.39. The zero-order valence-corrected chi connectivity index (χ0v) is 18.1. The van der Waals surface area contributed by atoms with Crippen molar-refractivity contribution in [3.63, 3.8) is 0 Å². The first-order valence-corrected chi connectivity index (χ1v) is 10.4. The Morgan fingerprint density at radius 2 is 1.59 bits per heavy atom. The third-order valence-corrected chi connectivity index (χ3v) is 5.13. The highest BCUT2D eigenvalue weighted by atomic mass is 16.6. The average molecular weight is 424 g/mol. The quantitative estimate of drug-likeness (QED) is 0.198. The SMILES string of the molecule is COc1cc(/C=C/c2cccc3ccccc23)ccc1OC(=O)COc1ccccc1C. The molecule has 0 aromatic heterocycles. The first-order chi connectivity index (χ1) is 15.6. The van der Waals surface area contributed by atoms with Crippen molar-refractivity contribution >= 4 is 28.9 Å². The van der Waals surface area contributed by atoms with Gasteiger partial charge in [-0.1, -0.05) is 78.9 Å². The highest BCUT2D eigenvalue weighted by Gasteiger charge is 2.12. The molecule has 32 heavy (non-hydrogen) atoms. The molecule has 0 aliphatic rings. The van der Waals surface area contributed by atoms with E-state index >= 15 is 0 Å². The zero-order valence-electron chi connectivity index (χ0n) is 18.1. The standard InChI is InChI=1S/C28H24O4/c1-20-8-3-6-13-25(20)31-19-28(29)32-26-17-15-21(18-27(26)30-2)14-16-23-11-7-10-22-9-4-5-12-24(22)23/h3-18H,19H2,1-2H3/b16-14+. The molecule has 4 rings (SSSR count). The van der Waals surface area contributed by atoms with Gasteiger partial charge < -0.3 is 14.2 Å². The number of hydrogen-bond acceptors (Lipinski definition) is 4. The average Bonchev–Trinajstić information content (AvgIpc) is 2.83. The van der Waals surface area contributed by atoms with E-state index in [-0.39, 0.29) is 6.61 Å². The molecular weight excluding hydrogens is 400 g/mol. The van der Waals surface area contributed by atoms with E-state index in [2.05, 4.69) is 30.3 Å². The third kappa shape index (κ3) is 4.98. The number of fused-ring (bicyclic) bond motifs is 1. The Kier molecular flexibility index (Phi) is 6.52. The molecule has 4 nitrogen and oxygen atoms in total. The van der Waals surface area contributed by atoms with E-state index < -0.39 is 5.97 Å². The molecule has 0 spiro atoms. The minimum Gasteiger partial charge on any atom is -0.493 e. The molecule has 0 saturated carbocycles. The Labute approximate surface area is 187 Å². The Morgan fingerprint density at radius 1 is 0.812 bits per heavy atom. The van der Waals surface area contributed by atoms with Gasteiger partial charge in [0.05, 0.1) is 7.11 Å². The van der Waals surface area contributed by atoms with Crippen LogP contribution in [0.5, 0.6) is 17.2 Å². The van der Waals surface area contributed by atoms with Gasteiger partial charge in [0.2, 0.25) is 0 Å². The van der Waals surface area contributed by atoms with Crippen LogP contribution in [-0.2, 0) is 4.79 Å². The van der Waals surface area contributed by atoms with E-state index in [0.717, 1.165) is 16.7 Å². The van der Waals surface area contributed by atoms with Gasteiger partial charge >= 0.3 is 5.97 Å². The monoisotopic (exact) mass is 424 g/mol.